The van der Waals surface area contributed by atoms with E-state index in [1.165, 1.54) is 11.4 Å². The first kappa shape index (κ1) is 31.7. The second-order valence-electron chi connectivity index (χ2n) is 16.0. The van der Waals surface area contributed by atoms with Gasteiger partial charge in [0, 0.05) is 0 Å². The fourth-order valence-corrected chi connectivity index (χ4v) is 21.1. The van der Waals surface area contributed by atoms with Crippen LogP contribution < -0.4 is 10.2 Å². The summed E-state index contributed by atoms with van der Waals surface area (Å²) in [5, 5.41) is 9.21. The number of nitrogens with one attached hydrogen (secondary N) is 2. The molecule has 4 heteroatoms. The van der Waals surface area contributed by atoms with Crippen LogP contribution in [0.3, 0.4) is 0 Å². The Hall–Kier alpha value is -0.320. The first-order valence-corrected chi connectivity index (χ1v) is 18.9. The molecule has 0 aromatic heterocycles. The standard InChI is InChI=1S/C30H62N2P2/c1-23(2)33(17,27(5,6)7,28(8,9)10)31-25-20-19-21-26(22-25)32-34(18,24(3)4,29(11,12)13)30(14,15)16/h19-24,31-32H,1-18H3. The molecule has 0 aliphatic carbocycles. The number of hydrogen-bond donors (Lipinski definition) is 2. The van der Waals surface area contributed by atoms with E-state index in [2.05, 4.69) is 159 Å². The van der Waals surface area contributed by atoms with E-state index in [0.717, 1.165) is 0 Å². The third kappa shape index (κ3) is 4.06. The van der Waals surface area contributed by atoms with Crippen LogP contribution in [0.25, 0.3) is 0 Å². The van der Waals surface area contributed by atoms with Crippen LogP contribution in [0.15, 0.2) is 24.3 Å². The van der Waals surface area contributed by atoms with E-state index in [0.29, 0.717) is 11.3 Å². The molecule has 0 amide bonds. The molecule has 202 valence electrons. The summed E-state index contributed by atoms with van der Waals surface area (Å²) >= 11 is 0. The Bertz CT molecular complexity index is 774. The molecule has 0 atom stereocenters. The van der Waals surface area contributed by atoms with Crippen LogP contribution in [0.1, 0.15) is 111 Å². The molecular formula is C30H62N2P2. The summed E-state index contributed by atoms with van der Waals surface area (Å²) in [7, 11) is 0. The van der Waals surface area contributed by atoms with Crippen LogP contribution in [0.2, 0.25) is 0 Å². The van der Waals surface area contributed by atoms with Crippen LogP contribution in [0, 0.1) is 0 Å². The van der Waals surface area contributed by atoms with Crippen molar-refractivity contribution in [1.82, 2.24) is 0 Å². The molecule has 0 bridgehead atoms. The summed E-state index contributed by atoms with van der Waals surface area (Å²) in [6, 6.07) is 9.20. The average molecular weight is 513 g/mol. The molecule has 0 saturated heterocycles. The van der Waals surface area contributed by atoms with Gasteiger partial charge in [-0.1, -0.05) is 0 Å². The predicted molar refractivity (Wildman–Crippen MR) is 169 cm³/mol. The van der Waals surface area contributed by atoms with Gasteiger partial charge in [-0.05, 0) is 0 Å². The Morgan fingerprint density at radius 1 is 0.529 bits per heavy atom. The van der Waals surface area contributed by atoms with Gasteiger partial charge in [0.1, 0.15) is 0 Å². The number of hydrogen-bond acceptors (Lipinski definition) is 2. The van der Waals surface area contributed by atoms with Crippen LogP contribution in [-0.4, -0.2) is 45.3 Å². The zero-order valence-corrected chi connectivity index (χ0v) is 28.1. The summed E-state index contributed by atoms with van der Waals surface area (Å²) in [6.07, 6.45) is 0. The van der Waals surface area contributed by atoms with Crippen molar-refractivity contribution in [2.75, 3.05) is 23.5 Å². The Kier molecular flexibility index (Phi) is 8.04. The molecule has 1 aromatic carbocycles. The van der Waals surface area contributed by atoms with Crippen molar-refractivity contribution in [2.24, 2.45) is 0 Å². The number of anilines is 2. The van der Waals surface area contributed by atoms with Crippen molar-refractivity contribution in [2.45, 2.75) is 143 Å². The Morgan fingerprint density at radius 3 is 0.941 bits per heavy atom. The first-order valence-electron chi connectivity index (χ1n) is 13.4. The second kappa shape index (κ2) is 8.62. The maximum absolute atomic E-state index is 4.30. The summed E-state index contributed by atoms with van der Waals surface area (Å²) in [6.45, 7) is 39.3. The quantitative estimate of drug-likeness (QED) is 0.370. The molecular weight excluding hydrogens is 450 g/mol. The Labute approximate surface area is 215 Å². The summed E-state index contributed by atoms with van der Waals surface area (Å²) in [5.74, 6) is 0. The predicted octanol–water partition coefficient (Wildman–Crippen LogP) is 10.7. The first-order chi connectivity index (χ1) is 14.7. The fraction of sp³-hybridized carbons (Fsp3) is 0.800. The SMILES string of the molecule is CC(C)P(C)(Nc1cccc(NP(C)(C(C)C)(C(C)(C)C)C(C)(C)C)c1)(C(C)(C)C)C(C)(C)C. The van der Waals surface area contributed by atoms with Crippen molar-refractivity contribution < 1.29 is 0 Å². The number of benzene rings is 1. The fourth-order valence-electron chi connectivity index (χ4n) is 7.36. The Balaban J connectivity index is 3.84. The van der Waals surface area contributed by atoms with E-state index in [-0.39, 0.29) is 20.6 Å². The molecule has 0 unspecified atom stereocenters. The molecule has 1 rings (SSSR count). The van der Waals surface area contributed by atoms with Crippen molar-refractivity contribution >= 4 is 24.9 Å². The summed E-state index contributed by atoms with van der Waals surface area (Å²) in [4.78, 5) is 0. The monoisotopic (exact) mass is 512 g/mol. The Morgan fingerprint density at radius 2 is 0.765 bits per heavy atom. The topological polar surface area (TPSA) is 24.1 Å². The van der Waals surface area contributed by atoms with E-state index in [9.17, 15) is 0 Å². The van der Waals surface area contributed by atoms with Crippen molar-refractivity contribution in [3.8, 4) is 0 Å². The van der Waals surface area contributed by atoms with E-state index in [1.54, 1.807) is 0 Å². The van der Waals surface area contributed by atoms with Crippen LogP contribution >= 0.6 is 13.5 Å². The van der Waals surface area contributed by atoms with Gasteiger partial charge in [-0.3, -0.25) is 0 Å². The molecule has 0 spiro atoms. The van der Waals surface area contributed by atoms with Crippen molar-refractivity contribution in [3.05, 3.63) is 24.3 Å². The molecule has 2 nitrogen and oxygen atoms in total. The number of rotatable bonds is 6. The molecule has 2 N–H and O–H groups in total. The molecule has 1 aromatic rings. The van der Waals surface area contributed by atoms with E-state index in [1.807, 2.05) is 0 Å². The second-order valence-corrected chi connectivity index (χ2v) is 30.5. The van der Waals surface area contributed by atoms with Crippen molar-refractivity contribution in [1.29, 1.82) is 0 Å². The van der Waals surface area contributed by atoms with Crippen molar-refractivity contribution in [3.63, 3.8) is 0 Å². The third-order valence-electron chi connectivity index (χ3n) is 11.2. The average Bonchev–Trinajstić information content (AvgIpc) is 2.57. The van der Waals surface area contributed by atoms with Gasteiger partial charge < -0.3 is 0 Å². The summed E-state index contributed by atoms with van der Waals surface area (Å²) < 4.78 is 0. The van der Waals surface area contributed by atoms with Crippen LogP contribution in [0.4, 0.5) is 11.4 Å². The molecule has 0 heterocycles. The molecule has 34 heavy (non-hydrogen) atoms. The molecule has 0 radical (unpaired) electrons. The zero-order chi connectivity index (χ0) is 27.4. The van der Waals surface area contributed by atoms with Crippen LogP contribution in [-0.2, 0) is 0 Å². The maximum atomic E-state index is 4.30. The van der Waals surface area contributed by atoms with Gasteiger partial charge >= 0.3 is 215 Å². The molecule has 0 aliphatic heterocycles. The van der Waals surface area contributed by atoms with Crippen LogP contribution in [0.5, 0.6) is 0 Å². The van der Waals surface area contributed by atoms with Gasteiger partial charge in [-0.2, -0.15) is 0 Å². The molecule has 0 fully saturated rings. The van der Waals surface area contributed by atoms with Gasteiger partial charge in [-0.15, -0.1) is 0 Å². The van der Waals surface area contributed by atoms with Gasteiger partial charge in [0.25, 0.3) is 0 Å². The minimum absolute atomic E-state index is 0.153. The van der Waals surface area contributed by atoms with E-state index >= 15 is 0 Å². The molecule has 0 aliphatic rings. The summed E-state index contributed by atoms with van der Waals surface area (Å²) in [5.41, 5.74) is 3.60. The normalized spacial score (nSPS) is 17.2. The molecule has 0 saturated carbocycles. The van der Waals surface area contributed by atoms with Gasteiger partial charge in [0.15, 0.2) is 0 Å². The van der Waals surface area contributed by atoms with Gasteiger partial charge in [0.05, 0.1) is 0 Å². The third-order valence-corrected chi connectivity index (χ3v) is 31.9. The van der Waals surface area contributed by atoms with E-state index < -0.39 is 13.5 Å². The van der Waals surface area contributed by atoms with Gasteiger partial charge in [0.2, 0.25) is 0 Å². The minimum atomic E-state index is -2.49. The van der Waals surface area contributed by atoms with E-state index in [4.69, 9.17) is 0 Å². The zero-order valence-electron chi connectivity index (χ0n) is 26.4. The van der Waals surface area contributed by atoms with Gasteiger partial charge in [-0.25, -0.2) is 0 Å².